The maximum atomic E-state index is 13.9. The Balaban J connectivity index is 1.33. The third-order valence-corrected chi connectivity index (χ3v) is 7.72. The molecule has 0 aromatic heterocycles. The van der Waals surface area contributed by atoms with Crippen molar-refractivity contribution in [3.8, 4) is 5.75 Å². The lowest BCUT2D eigenvalue weighted by Gasteiger charge is -2.31. The van der Waals surface area contributed by atoms with Gasteiger partial charge in [-0.05, 0) is 80.9 Å². The van der Waals surface area contributed by atoms with Gasteiger partial charge in [-0.3, -0.25) is 14.4 Å². The van der Waals surface area contributed by atoms with Gasteiger partial charge in [0, 0.05) is 23.7 Å². The summed E-state index contributed by atoms with van der Waals surface area (Å²) in [5.41, 5.74) is 2.44. The molecule has 0 aliphatic carbocycles. The van der Waals surface area contributed by atoms with Gasteiger partial charge in [0.2, 0.25) is 5.91 Å². The van der Waals surface area contributed by atoms with Crippen molar-refractivity contribution in [2.24, 2.45) is 5.92 Å². The molecule has 0 atom stereocenters. The zero-order chi connectivity index (χ0) is 25.7. The predicted molar refractivity (Wildman–Crippen MR) is 138 cm³/mol. The van der Waals surface area contributed by atoms with Crippen molar-refractivity contribution in [3.05, 3.63) is 83.7 Å². The first-order valence-corrected chi connectivity index (χ1v) is 13.3. The van der Waals surface area contributed by atoms with Crippen molar-refractivity contribution in [1.82, 2.24) is 4.90 Å². The van der Waals surface area contributed by atoms with Gasteiger partial charge in [0.15, 0.2) is 0 Å². The average molecular weight is 512 g/mol. The molecule has 1 aliphatic rings. The molecule has 1 heterocycles. The Morgan fingerprint density at radius 1 is 1.06 bits per heavy atom. The van der Waals surface area contributed by atoms with Crippen molar-refractivity contribution < 1.29 is 22.3 Å². The second-order valence-corrected chi connectivity index (χ2v) is 10.6. The summed E-state index contributed by atoms with van der Waals surface area (Å²) in [6, 6.07) is 18.0. The van der Waals surface area contributed by atoms with E-state index in [-0.39, 0.29) is 22.5 Å². The van der Waals surface area contributed by atoms with Crippen molar-refractivity contribution in [1.29, 1.82) is 0 Å². The predicted octanol–water partition coefficient (Wildman–Crippen LogP) is 4.79. The number of likely N-dealkylation sites (tertiary alicyclic amines) is 1. The number of anilines is 2. The van der Waals surface area contributed by atoms with E-state index < -0.39 is 10.0 Å². The molecule has 0 unspecified atom stereocenters. The van der Waals surface area contributed by atoms with E-state index >= 15 is 0 Å². The van der Waals surface area contributed by atoms with Gasteiger partial charge in [0.05, 0.1) is 17.7 Å². The van der Waals surface area contributed by atoms with Gasteiger partial charge in [0.1, 0.15) is 11.6 Å². The highest BCUT2D eigenvalue weighted by Gasteiger charge is 2.25. The number of hydrogen-bond acceptors (Lipinski definition) is 5. The van der Waals surface area contributed by atoms with E-state index in [2.05, 4.69) is 14.9 Å². The van der Waals surface area contributed by atoms with Crippen LogP contribution < -0.4 is 14.8 Å². The number of ether oxygens (including phenoxy) is 1. The number of sulfonamides is 1. The van der Waals surface area contributed by atoms with Crippen molar-refractivity contribution in [3.63, 3.8) is 0 Å². The summed E-state index contributed by atoms with van der Waals surface area (Å²) in [6.07, 6.45) is 1.35. The fourth-order valence-electron chi connectivity index (χ4n) is 4.29. The second kappa shape index (κ2) is 11.1. The summed E-state index contributed by atoms with van der Waals surface area (Å²) in [6.45, 7) is 3.80. The number of carbonyl (C=O) groups excluding carboxylic acids is 1. The van der Waals surface area contributed by atoms with Crippen molar-refractivity contribution in [2.75, 3.05) is 30.2 Å². The second-order valence-electron chi connectivity index (χ2n) is 8.96. The SMILES string of the molecule is COc1ccc(C)cc1NS(=O)(=O)c1ccc(NC(=O)C2CCN(Cc3ccccc3F)CC2)cc1. The number of hydrogen-bond donors (Lipinski definition) is 2. The van der Waals surface area contributed by atoms with E-state index in [0.717, 1.165) is 5.56 Å². The zero-order valence-corrected chi connectivity index (χ0v) is 21.1. The van der Waals surface area contributed by atoms with Crippen molar-refractivity contribution >= 4 is 27.3 Å². The van der Waals surface area contributed by atoms with Crippen LogP contribution >= 0.6 is 0 Å². The van der Waals surface area contributed by atoms with Gasteiger partial charge < -0.3 is 10.1 Å². The molecule has 9 heteroatoms. The maximum absolute atomic E-state index is 13.9. The Hall–Kier alpha value is -3.43. The number of carbonyl (C=O) groups is 1. The summed E-state index contributed by atoms with van der Waals surface area (Å²) in [5, 5.41) is 2.89. The molecule has 3 aromatic carbocycles. The van der Waals surface area contributed by atoms with Gasteiger partial charge in [-0.15, -0.1) is 0 Å². The Bertz CT molecular complexity index is 1320. The van der Waals surface area contributed by atoms with Crippen LogP contribution in [0.4, 0.5) is 15.8 Å². The van der Waals surface area contributed by atoms with E-state index in [9.17, 15) is 17.6 Å². The minimum absolute atomic E-state index is 0.0745. The Kier molecular flexibility index (Phi) is 7.91. The number of amides is 1. The van der Waals surface area contributed by atoms with Crippen LogP contribution in [0.1, 0.15) is 24.0 Å². The molecular weight excluding hydrogens is 481 g/mol. The smallest absolute Gasteiger partial charge is 0.262 e. The standard InChI is InChI=1S/C27H30FN3O4S/c1-19-7-12-26(35-2)25(17-19)30-36(33,34)23-10-8-22(9-11-23)29-27(32)20-13-15-31(16-14-20)18-21-5-3-4-6-24(21)28/h3-12,17,20,30H,13-16,18H2,1-2H3,(H,29,32). The van der Waals surface area contributed by atoms with E-state index in [1.807, 2.05) is 19.1 Å². The van der Waals surface area contributed by atoms with E-state index in [1.165, 1.54) is 25.3 Å². The monoisotopic (exact) mass is 511 g/mol. The van der Waals surface area contributed by atoms with Crippen LogP contribution in [0.25, 0.3) is 0 Å². The van der Waals surface area contributed by atoms with Crippen LogP contribution in [-0.2, 0) is 21.4 Å². The van der Waals surface area contributed by atoms with Crippen LogP contribution in [0, 0.1) is 18.7 Å². The average Bonchev–Trinajstić information content (AvgIpc) is 2.86. The quantitative estimate of drug-likeness (QED) is 0.454. The van der Waals surface area contributed by atoms with E-state index in [1.54, 1.807) is 36.4 Å². The summed E-state index contributed by atoms with van der Waals surface area (Å²) < 4.78 is 47.5. The number of piperidine rings is 1. The molecule has 7 nitrogen and oxygen atoms in total. The molecular formula is C27H30FN3O4S. The summed E-state index contributed by atoms with van der Waals surface area (Å²) >= 11 is 0. The molecule has 0 spiro atoms. The minimum atomic E-state index is -3.84. The summed E-state index contributed by atoms with van der Waals surface area (Å²) in [4.78, 5) is 15.0. The number of nitrogens with zero attached hydrogens (tertiary/aromatic N) is 1. The molecule has 1 saturated heterocycles. The highest BCUT2D eigenvalue weighted by molar-refractivity contribution is 7.92. The zero-order valence-electron chi connectivity index (χ0n) is 20.3. The lowest BCUT2D eigenvalue weighted by atomic mass is 9.95. The van der Waals surface area contributed by atoms with Crippen LogP contribution in [0.15, 0.2) is 71.6 Å². The number of rotatable bonds is 8. The molecule has 0 bridgehead atoms. The third kappa shape index (κ3) is 6.22. The number of benzene rings is 3. The Morgan fingerprint density at radius 3 is 2.42 bits per heavy atom. The first kappa shape index (κ1) is 25.7. The lowest BCUT2D eigenvalue weighted by molar-refractivity contribution is -0.121. The molecule has 36 heavy (non-hydrogen) atoms. The summed E-state index contributed by atoms with van der Waals surface area (Å²) in [5.74, 6) is -0.0384. The number of halogens is 1. The van der Waals surface area contributed by atoms with Gasteiger partial charge in [-0.1, -0.05) is 24.3 Å². The Morgan fingerprint density at radius 2 is 1.75 bits per heavy atom. The first-order chi connectivity index (χ1) is 17.2. The van der Waals surface area contributed by atoms with E-state index in [4.69, 9.17) is 4.74 Å². The van der Waals surface area contributed by atoms with Crippen LogP contribution in [0.5, 0.6) is 5.75 Å². The molecule has 1 aliphatic heterocycles. The highest BCUT2D eigenvalue weighted by atomic mass is 32.2. The first-order valence-electron chi connectivity index (χ1n) is 11.8. The van der Waals surface area contributed by atoms with Gasteiger partial charge in [0.25, 0.3) is 10.0 Å². The highest BCUT2D eigenvalue weighted by Crippen LogP contribution is 2.28. The summed E-state index contributed by atoms with van der Waals surface area (Å²) in [7, 11) is -2.36. The van der Waals surface area contributed by atoms with Crippen molar-refractivity contribution in [2.45, 2.75) is 31.2 Å². The fourth-order valence-corrected chi connectivity index (χ4v) is 5.35. The third-order valence-electron chi connectivity index (χ3n) is 6.34. The van der Waals surface area contributed by atoms with Gasteiger partial charge in [-0.2, -0.15) is 0 Å². The maximum Gasteiger partial charge on any atom is 0.262 e. The van der Waals surface area contributed by atoms with Gasteiger partial charge >= 0.3 is 0 Å². The number of methoxy groups -OCH3 is 1. The number of nitrogens with one attached hydrogen (secondary N) is 2. The van der Waals surface area contributed by atoms with E-state index in [0.29, 0.717) is 55.2 Å². The molecule has 190 valence electrons. The minimum Gasteiger partial charge on any atom is -0.495 e. The fraction of sp³-hybridized carbons (Fsp3) is 0.296. The van der Waals surface area contributed by atoms with Crippen LogP contribution in [0.3, 0.4) is 0 Å². The van der Waals surface area contributed by atoms with Crippen LogP contribution in [0.2, 0.25) is 0 Å². The molecule has 0 saturated carbocycles. The van der Waals surface area contributed by atoms with Crippen LogP contribution in [-0.4, -0.2) is 39.4 Å². The largest absolute Gasteiger partial charge is 0.495 e. The molecule has 1 fully saturated rings. The Labute approximate surface area is 211 Å². The normalized spacial score (nSPS) is 14.9. The molecule has 4 rings (SSSR count). The topological polar surface area (TPSA) is 87.7 Å². The lowest BCUT2D eigenvalue weighted by Crippen LogP contribution is -2.37. The molecule has 0 radical (unpaired) electrons. The number of aryl methyl sites for hydroxylation is 1. The molecule has 1 amide bonds. The molecule has 3 aromatic rings. The van der Waals surface area contributed by atoms with Gasteiger partial charge in [-0.25, -0.2) is 12.8 Å². The molecule has 2 N–H and O–H groups in total.